The topological polar surface area (TPSA) is 75.6 Å². The Kier molecular flexibility index (Phi) is 8.11. The molecule has 0 fully saturated rings. The molecular weight excluding hydrogens is 495 g/mol. The minimum Gasteiger partial charge on any atom is -0.489 e. The predicted molar refractivity (Wildman–Crippen MR) is 137 cm³/mol. The van der Waals surface area contributed by atoms with Gasteiger partial charge >= 0.3 is 12.1 Å². The van der Waals surface area contributed by atoms with E-state index >= 15 is 0 Å². The van der Waals surface area contributed by atoms with Gasteiger partial charge in [-0.2, -0.15) is 13.2 Å². The molecule has 4 aromatic carbocycles. The van der Waals surface area contributed by atoms with Gasteiger partial charge in [0.1, 0.15) is 18.4 Å². The fourth-order valence-corrected chi connectivity index (χ4v) is 3.85. The minimum absolute atomic E-state index is 0.00527. The fourth-order valence-electron chi connectivity index (χ4n) is 3.85. The van der Waals surface area contributed by atoms with Gasteiger partial charge in [-0.25, -0.2) is 4.79 Å². The molecule has 1 amide bonds. The number of ether oxygens (including phenoxy) is 1. The second-order valence-electron chi connectivity index (χ2n) is 8.64. The quantitative estimate of drug-likeness (QED) is 0.269. The lowest BCUT2D eigenvalue weighted by atomic mass is 10.0. The lowest BCUT2D eigenvalue weighted by molar-refractivity contribution is -0.139. The molecule has 0 spiro atoms. The number of hydrogen-bond donors (Lipinski definition) is 2. The standard InChI is InChI=1S/C30H24F3NO4/c31-30(32,33)25-8-4-7-21(17-25)19-38-26-15-13-23(14-16-26)22-9-11-24(12-10-22)28(35)34-27(29(36)37)18-20-5-2-1-3-6-20/h1-17,27H,18-19H2,(H,34,35)(H,36,37). The van der Waals surface area contributed by atoms with E-state index in [1.807, 2.05) is 18.2 Å². The van der Waals surface area contributed by atoms with E-state index in [4.69, 9.17) is 4.74 Å². The predicted octanol–water partition coefficient (Wildman–Crippen LogP) is 6.38. The molecule has 0 bridgehead atoms. The van der Waals surface area contributed by atoms with E-state index in [1.54, 1.807) is 66.7 Å². The lowest BCUT2D eigenvalue weighted by Gasteiger charge is -2.15. The highest BCUT2D eigenvalue weighted by Crippen LogP contribution is 2.30. The SMILES string of the molecule is O=C(NC(Cc1ccccc1)C(=O)O)c1ccc(-c2ccc(OCc3cccc(C(F)(F)F)c3)cc2)cc1. The molecule has 5 nitrogen and oxygen atoms in total. The van der Waals surface area contributed by atoms with Crippen LogP contribution >= 0.6 is 0 Å². The van der Waals surface area contributed by atoms with Gasteiger partial charge in [0.25, 0.3) is 5.91 Å². The highest BCUT2D eigenvalue weighted by Gasteiger charge is 2.30. The van der Waals surface area contributed by atoms with E-state index in [0.29, 0.717) is 16.9 Å². The van der Waals surface area contributed by atoms with Crippen LogP contribution in [0.15, 0.2) is 103 Å². The number of rotatable bonds is 9. The Morgan fingerprint density at radius 2 is 1.39 bits per heavy atom. The molecule has 1 atom stereocenters. The van der Waals surface area contributed by atoms with Crippen molar-refractivity contribution >= 4 is 11.9 Å². The maximum Gasteiger partial charge on any atom is 0.416 e. The van der Waals surface area contributed by atoms with Gasteiger partial charge in [0.05, 0.1) is 5.56 Å². The van der Waals surface area contributed by atoms with Gasteiger partial charge in [-0.1, -0.05) is 66.7 Å². The molecule has 2 N–H and O–H groups in total. The Balaban J connectivity index is 1.36. The summed E-state index contributed by atoms with van der Waals surface area (Å²) in [6, 6.07) is 26.8. The van der Waals surface area contributed by atoms with Crippen LogP contribution in [0.4, 0.5) is 13.2 Å². The van der Waals surface area contributed by atoms with Crippen molar-refractivity contribution in [1.29, 1.82) is 0 Å². The summed E-state index contributed by atoms with van der Waals surface area (Å²) in [5.41, 5.74) is 2.49. The summed E-state index contributed by atoms with van der Waals surface area (Å²) >= 11 is 0. The van der Waals surface area contributed by atoms with Crippen LogP contribution in [0.3, 0.4) is 0 Å². The molecule has 38 heavy (non-hydrogen) atoms. The van der Waals surface area contributed by atoms with Crippen LogP contribution in [0.5, 0.6) is 5.75 Å². The van der Waals surface area contributed by atoms with Crippen molar-refractivity contribution < 1.29 is 32.6 Å². The lowest BCUT2D eigenvalue weighted by Crippen LogP contribution is -2.42. The summed E-state index contributed by atoms with van der Waals surface area (Å²) in [6.07, 6.45) is -4.24. The fraction of sp³-hybridized carbons (Fsp3) is 0.133. The Labute approximate surface area is 217 Å². The number of carboxylic acid groups (broad SMARTS) is 1. The minimum atomic E-state index is -4.41. The van der Waals surface area contributed by atoms with Crippen LogP contribution < -0.4 is 10.1 Å². The molecule has 0 aliphatic rings. The summed E-state index contributed by atoms with van der Waals surface area (Å²) in [4.78, 5) is 24.3. The Morgan fingerprint density at radius 3 is 2.00 bits per heavy atom. The first-order valence-electron chi connectivity index (χ1n) is 11.8. The molecule has 0 saturated heterocycles. The number of carboxylic acids is 1. The third kappa shape index (κ3) is 7.00. The van der Waals surface area contributed by atoms with Crippen LogP contribution in [0.2, 0.25) is 0 Å². The maximum atomic E-state index is 12.9. The van der Waals surface area contributed by atoms with E-state index in [9.17, 15) is 27.9 Å². The monoisotopic (exact) mass is 519 g/mol. The molecular formula is C30H24F3NO4. The first-order valence-corrected chi connectivity index (χ1v) is 11.8. The third-order valence-electron chi connectivity index (χ3n) is 5.88. The number of alkyl halides is 3. The van der Waals surface area contributed by atoms with Crippen molar-refractivity contribution in [1.82, 2.24) is 5.32 Å². The normalized spacial score (nSPS) is 12.0. The summed E-state index contributed by atoms with van der Waals surface area (Å²) in [7, 11) is 0. The molecule has 0 aromatic heterocycles. The number of carbonyl (C=O) groups excluding carboxylic acids is 1. The molecule has 0 aliphatic heterocycles. The van der Waals surface area contributed by atoms with Gasteiger partial charge in [0, 0.05) is 12.0 Å². The van der Waals surface area contributed by atoms with E-state index in [2.05, 4.69) is 5.32 Å². The van der Waals surface area contributed by atoms with Crippen molar-refractivity contribution in [3.05, 3.63) is 125 Å². The van der Waals surface area contributed by atoms with Crippen LogP contribution in [0.1, 0.15) is 27.0 Å². The molecule has 0 heterocycles. The number of halogens is 3. The number of carbonyl (C=O) groups is 2. The average molecular weight is 520 g/mol. The van der Waals surface area contributed by atoms with Gasteiger partial charge in [0.2, 0.25) is 0 Å². The Morgan fingerprint density at radius 1 is 0.789 bits per heavy atom. The first-order chi connectivity index (χ1) is 18.2. The number of hydrogen-bond acceptors (Lipinski definition) is 3. The smallest absolute Gasteiger partial charge is 0.416 e. The summed E-state index contributed by atoms with van der Waals surface area (Å²) in [6.45, 7) is -0.00527. The molecule has 8 heteroatoms. The van der Waals surface area contributed by atoms with E-state index in [1.165, 1.54) is 6.07 Å². The zero-order chi connectivity index (χ0) is 27.1. The van der Waals surface area contributed by atoms with Crippen LogP contribution in [-0.2, 0) is 24.0 Å². The molecule has 4 rings (SSSR count). The molecule has 1 unspecified atom stereocenters. The van der Waals surface area contributed by atoms with Gasteiger partial charge in [-0.15, -0.1) is 0 Å². The molecule has 0 saturated carbocycles. The van der Waals surface area contributed by atoms with Crippen LogP contribution in [0, 0.1) is 0 Å². The average Bonchev–Trinajstić information content (AvgIpc) is 2.92. The van der Waals surface area contributed by atoms with Crippen molar-refractivity contribution in [2.24, 2.45) is 0 Å². The van der Waals surface area contributed by atoms with Crippen molar-refractivity contribution in [2.75, 3.05) is 0 Å². The van der Waals surface area contributed by atoms with Gasteiger partial charge in [-0.3, -0.25) is 4.79 Å². The Bertz CT molecular complexity index is 1390. The zero-order valence-corrected chi connectivity index (χ0v) is 20.1. The summed E-state index contributed by atoms with van der Waals surface area (Å²) in [5.74, 6) is -1.10. The highest BCUT2D eigenvalue weighted by molar-refractivity contribution is 5.97. The Hall–Kier alpha value is -4.59. The van der Waals surface area contributed by atoms with Gasteiger partial charge in [-0.05, 0) is 58.7 Å². The van der Waals surface area contributed by atoms with Crippen LogP contribution in [-0.4, -0.2) is 23.0 Å². The van der Waals surface area contributed by atoms with Crippen LogP contribution in [0.25, 0.3) is 11.1 Å². The molecule has 4 aromatic rings. The van der Waals surface area contributed by atoms with Crippen molar-refractivity contribution in [3.63, 3.8) is 0 Å². The van der Waals surface area contributed by atoms with Crippen molar-refractivity contribution in [3.8, 4) is 16.9 Å². The molecule has 0 radical (unpaired) electrons. The molecule has 194 valence electrons. The summed E-state index contributed by atoms with van der Waals surface area (Å²) < 4.78 is 44.3. The van der Waals surface area contributed by atoms with Gasteiger partial charge in [0.15, 0.2) is 0 Å². The second-order valence-corrected chi connectivity index (χ2v) is 8.64. The van der Waals surface area contributed by atoms with E-state index in [-0.39, 0.29) is 13.0 Å². The number of benzene rings is 4. The zero-order valence-electron chi connectivity index (χ0n) is 20.1. The van der Waals surface area contributed by atoms with E-state index < -0.39 is 29.7 Å². The first kappa shape index (κ1) is 26.5. The van der Waals surface area contributed by atoms with Gasteiger partial charge < -0.3 is 15.2 Å². The number of nitrogens with one attached hydrogen (secondary N) is 1. The maximum absolute atomic E-state index is 12.9. The molecule has 0 aliphatic carbocycles. The number of aliphatic carboxylic acids is 1. The largest absolute Gasteiger partial charge is 0.489 e. The van der Waals surface area contributed by atoms with E-state index in [0.717, 1.165) is 28.8 Å². The second kappa shape index (κ2) is 11.6. The third-order valence-corrected chi connectivity index (χ3v) is 5.88. The highest BCUT2D eigenvalue weighted by atomic mass is 19.4. The summed E-state index contributed by atoms with van der Waals surface area (Å²) in [5, 5.41) is 12.1. The van der Waals surface area contributed by atoms with Crippen molar-refractivity contribution in [2.45, 2.75) is 25.2 Å². The number of amides is 1.